The number of fused-ring (bicyclic) bond motifs is 1. The third kappa shape index (κ3) is 3.15. The van der Waals surface area contributed by atoms with E-state index in [-0.39, 0.29) is 6.10 Å². The maximum atomic E-state index is 10.0. The highest BCUT2D eigenvalue weighted by molar-refractivity contribution is 5.37. The molecule has 0 heterocycles. The first-order chi connectivity index (χ1) is 11.5. The van der Waals surface area contributed by atoms with Gasteiger partial charge in [0.2, 0.25) is 0 Å². The van der Waals surface area contributed by atoms with Gasteiger partial charge in [-0.1, -0.05) is 38.2 Å². The van der Waals surface area contributed by atoms with Gasteiger partial charge < -0.3 is 10.2 Å². The molecule has 3 rings (SSSR count). The molecule has 2 N–H and O–H groups in total. The van der Waals surface area contributed by atoms with E-state index >= 15 is 0 Å². The van der Waals surface area contributed by atoms with E-state index in [1.807, 2.05) is 0 Å². The maximum Gasteiger partial charge on any atom is 0.0787 e. The summed E-state index contributed by atoms with van der Waals surface area (Å²) in [5, 5.41) is 19.7. The fourth-order valence-corrected chi connectivity index (χ4v) is 5.77. The highest BCUT2D eigenvalue weighted by Gasteiger charge is 2.50. The van der Waals surface area contributed by atoms with Crippen molar-refractivity contribution in [3.05, 3.63) is 35.5 Å². The molecule has 0 radical (unpaired) electrons. The molecule has 0 aliphatic heterocycles. The standard InChI is InChI=1S/C22H34O2/c1-15(14-23)19-11-12-20-18(7-5-13-22(19,20)3)10-9-17-6-4-8-21(24)16(17)2/h9-10,15,19-21,23-24H,2,4-8,11-14H2,1,3H3/b17-9-,18-10+. The van der Waals surface area contributed by atoms with Gasteiger partial charge in [-0.15, -0.1) is 0 Å². The zero-order valence-corrected chi connectivity index (χ0v) is 15.4. The average molecular weight is 331 g/mol. The van der Waals surface area contributed by atoms with Crippen LogP contribution in [0, 0.1) is 23.2 Å². The van der Waals surface area contributed by atoms with Crippen LogP contribution in [-0.4, -0.2) is 22.9 Å². The molecule has 3 saturated carbocycles. The Morgan fingerprint density at radius 2 is 2.00 bits per heavy atom. The molecule has 3 aliphatic rings. The van der Waals surface area contributed by atoms with Gasteiger partial charge in [0.15, 0.2) is 0 Å². The topological polar surface area (TPSA) is 40.5 Å². The summed E-state index contributed by atoms with van der Waals surface area (Å²) in [5.74, 6) is 1.73. The molecule has 24 heavy (non-hydrogen) atoms. The van der Waals surface area contributed by atoms with Crippen LogP contribution in [0.5, 0.6) is 0 Å². The molecule has 5 atom stereocenters. The quantitative estimate of drug-likeness (QED) is 0.781. The summed E-state index contributed by atoms with van der Waals surface area (Å²) >= 11 is 0. The van der Waals surface area contributed by atoms with Crippen LogP contribution in [0.2, 0.25) is 0 Å². The van der Waals surface area contributed by atoms with Gasteiger partial charge in [-0.2, -0.15) is 0 Å². The van der Waals surface area contributed by atoms with Crippen LogP contribution < -0.4 is 0 Å². The smallest absolute Gasteiger partial charge is 0.0787 e. The van der Waals surface area contributed by atoms with Crippen LogP contribution in [-0.2, 0) is 0 Å². The van der Waals surface area contributed by atoms with Crippen molar-refractivity contribution in [2.75, 3.05) is 6.61 Å². The Hall–Kier alpha value is -0.860. The monoisotopic (exact) mass is 330 g/mol. The van der Waals surface area contributed by atoms with Crippen LogP contribution in [0.1, 0.15) is 65.2 Å². The van der Waals surface area contributed by atoms with E-state index in [9.17, 15) is 10.2 Å². The van der Waals surface area contributed by atoms with Crippen molar-refractivity contribution in [2.24, 2.45) is 23.2 Å². The number of rotatable bonds is 3. The highest BCUT2D eigenvalue weighted by atomic mass is 16.3. The van der Waals surface area contributed by atoms with Gasteiger partial charge in [-0.25, -0.2) is 0 Å². The van der Waals surface area contributed by atoms with Crippen LogP contribution in [0.3, 0.4) is 0 Å². The van der Waals surface area contributed by atoms with Crippen molar-refractivity contribution >= 4 is 0 Å². The van der Waals surface area contributed by atoms with Gasteiger partial charge in [0.1, 0.15) is 0 Å². The number of aliphatic hydroxyl groups excluding tert-OH is 2. The molecule has 2 heteroatoms. The van der Waals surface area contributed by atoms with E-state index in [0.717, 1.165) is 24.8 Å². The summed E-state index contributed by atoms with van der Waals surface area (Å²) in [6.45, 7) is 9.08. The van der Waals surface area contributed by atoms with E-state index in [1.54, 1.807) is 5.57 Å². The first-order valence-electron chi connectivity index (χ1n) is 9.85. The summed E-state index contributed by atoms with van der Waals surface area (Å²) in [6, 6.07) is 0. The molecular weight excluding hydrogens is 296 g/mol. The van der Waals surface area contributed by atoms with Crippen LogP contribution in [0.25, 0.3) is 0 Å². The second-order valence-corrected chi connectivity index (χ2v) is 8.62. The van der Waals surface area contributed by atoms with Crippen molar-refractivity contribution in [3.8, 4) is 0 Å². The molecule has 2 nitrogen and oxygen atoms in total. The summed E-state index contributed by atoms with van der Waals surface area (Å²) < 4.78 is 0. The van der Waals surface area contributed by atoms with Gasteiger partial charge in [-0.05, 0) is 85.7 Å². The Morgan fingerprint density at radius 3 is 2.75 bits per heavy atom. The Bertz CT molecular complexity index is 544. The molecule has 0 aromatic carbocycles. The normalized spacial score (nSPS) is 41.7. The summed E-state index contributed by atoms with van der Waals surface area (Å²) in [7, 11) is 0. The largest absolute Gasteiger partial charge is 0.396 e. The molecule has 0 spiro atoms. The molecule has 3 fully saturated rings. The van der Waals surface area contributed by atoms with E-state index in [4.69, 9.17) is 0 Å². The molecule has 0 aromatic rings. The Morgan fingerprint density at radius 1 is 1.21 bits per heavy atom. The average Bonchev–Trinajstić information content (AvgIpc) is 2.93. The molecule has 0 saturated heterocycles. The summed E-state index contributed by atoms with van der Waals surface area (Å²) in [4.78, 5) is 0. The predicted octanol–water partition coefficient (Wildman–Crippen LogP) is 4.79. The fraction of sp³-hybridized carbons (Fsp3) is 0.727. The molecular formula is C22H34O2. The minimum Gasteiger partial charge on any atom is -0.396 e. The lowest BCUT2D eigenvalue weighted by molar-refractivity contribution is 0.0690. The Kier molecular flexibility index (Phi) is 5.36. The lowest BCUT2D eigenvalue weighted by atomic mass is 9.61. The van der Waals surface area contributed by atoms with E-state index in [0.29, 0.717) is 29.8 Å². The number of aliphatic hydroxyl groups is 2. The van der Waals surface area contributed by atoms with Crippen molar-refractivity contribution < 1.29 is 10.2 Å². The third-order valence-electron chi connectivity index (χ3n) is 7.25. The van der Waals surface area contributed by atoms with Crippen LogP contribution in [0.4, 0.5) is 0 Å². The number of hydrogen-bond donors (Lipinski definition) is 2. The van der Waals surface area contributed by atoms with Gasteiger partial charge in [0.05, 0.1) is 6.10 Å². The summed E-state index contributed by atoms with van der Waals surface area (Å²) in [5.41, 5.74) is 4.12. The lowest BCUT2D eigenvalue weighted by Gasteiger charge is -2.44. The van der Waals surface area contributed by atoms with Crippen molar-refractivity contribution in [1.82, 2.24) is 0 Å². The van der Waals surface area contributed by atoms with Crippen LogP contribution in [0.15, 0.2) is 35.5 Å². The summed E-state index contributed by atoms with van der Waals surface area (Å²) in [6.07, 6.45) is 13.5. The van der Waals surface area contributed by atoms with Crippen molar-refractivity contribution in [1.29, 1.82) is 0 Å². The third-order valence-corrected chi connectivity index (χ3v) is 7.25. The fourth-order valence-electron chi connectivity index (χ4n) is 5.77. The number of allylic oxidation sites excluding steroid dienone is 3. The molecule has 0 aromatic heterocycles. The first kappa shape index (κ1) is 17.9. The SMILES string of the molecule is C=C1/C(=C\C=C2/CCCC3(C)C2CCC3C(C)CO)CCCC1O. The van der Waals surface area contributed by atoms with E-state index in [2.05, 4.69) is 32.6 Å². The Labute approximate surface area is 147 Å². The van der Waals surface area contributed by atoms with E-state index < -0.39 is 0 Å². The Balaban J connectivity index is 1.81. The second kappa shape index (κ2) is 7.17. The number of hydrogen-bond acceptors (Lipinski definition) is 2. The second-order valence-electron chi connectivity index (χ2n) is 8.62. The molecule has 0 amide bonds. The van der Waals surface area contributed by atoms with Gasteiger partial charge >= 0.3 is 0 Å². The zero-order chi connectivity index (χ0) is 17.3. The highest BCUT2D eigenvalue weighted by Crippen LogP contribution is 2.59. The first-order valence-corrected chi connectivity index (χ1v) is 9.85. The van der Waals surface area contributed by atoms with E-state index in [1.165, 1.54) is 37.7 Å². The predicted molar refractivity (Wildman–Crippen MR) is 99.6 cm³/mol. The molecule has 134 valence electrons. The van der Waals surface area contributed by atoms with Crippen molar-refractivity contribution in [2.45, 2.75) is 71.3 Å². The van der Waals surface area contributed by atoms with Gasteiger partial charge in [0.25, 0.3) is 0 Å². The van der Waals surface area contributed by atoms with Gasteiger partial charge in [0, 0.05) is 6.61 Å². The van der Waals surface area contributed by atoms with Crippen LogP contribution >= 0.6 is 0 Å². The minimum absolute atomic E-state index is 0.313. The maximum absolute atomic E-state index is 10.0. The van der Waals surface area contributed by atoms with Gasteiger partial charge in [-0.3, -0.25) is 0 Å². The molecule has 5 unspecified atom stereocenters. The zero-order valence-electron chi connectivity index (χ0n) is 15.4. The molecule has 3 aliphatic carbocycles. The minimum atomic E-state index is -0.346. The lowest BCUT2D eigenvalue weighted by Crippen LogP contribution is -2.36. The van der Waals surface area contributed by atoms with Crippen molar-refractivity contribution in [3.63, 3.8) is 0 Å². The molecule has 0 bridgehead atoms.